The predicted molar refractivity (Wildman–Crippen MR) is 98.5 cm³/mol. The van der Waals surface area contributed by atoms with Gasteiger partial charge in [-0.1, -0.05) is 41.0 Å². The number of rotatable bonds is 8. The third-order valence-electron chi connectivity index (χ3n) is 3.10. The second-order valence-corrected chi connectivity index (χ2v) is 6.28. The number of hydrogen-bond acceptors (Lipinski definition) is 5. The zero-order valence-corrected chi connectivity index (χ0v) is 15.0. The Labute approximate surface area is 158 Å². The van der Waals surface area contributed by atoms with Crippen molar-refractivity contribution in [2.24, 2.45) is 5.16 Å². The predicted octanol–water partition coefficient (Wildman–Crippen LogP) is 2.97. The summed E-state index contributed by atoms with van der Waals surface area (Å²) in [5, 5.41) is 26.9. The highest BCUT2D eigenvalue weighted by molar-refractivity contribution is 7.12. The monoisotopic (exact) mass is 394 g/mol. The van der Waals surface area contributed by atoms with E-state index in [1.54, 1.807) is 18.2 Å². The van der Waals surface area contributed by atoms with Crippen molar-refractivity contribution in [2.45, 2.75) is 6.42 Å². The summed E-state index contributed by atoms with van der Waals surface area (Å²) in [6.45, 7) is 0.467. The van der Waals surface area contributed by atoms with Crippen LogP contribution in [-0.2, 0) is 20.8 Å². The summed E-state index contributed by atoms with van der Waals surface area (Å²) in [7, 11) is 0. The number of oxime groups is 1. The second-order valence-electron chi connectivity index (χ2n) is 4.93. The van der Waals surface area contributed by atoms with Crippen LogP contribution in [0.4, 0.5) is 0 Å². The number of thiophene rings is 1. The van der Waals surface area contributed by atoms with E-state index in [-0.39, 0.29) is 0 Å². The molecule has 0 radical (unpaired) electrons. The number of nitrogens with one attached hydrogen (secondary N) is 1. The molecular weight excluding hydrogens is 380 g/mol. The Balaban J connectivity index is 2.10. The molecule has 1 aromatic carbocycles. The Morgan fingerprint density at radius 2 is 2.00 bits per heavy atom. The van der Waals surface area contributed by atoms with Crippen LogP contribution in [0, 0.1) is 0 Å². The third kappa shape index (κ3) is 5.91. The molecule has 0 amide bonds. The first-order valence-electron chi connectivity index (χ1n) is 7.41. The van der Waals surface area contributed by atoms with Gasteiger partial charge in [-0.2, -0.15) is 0 Å². The average Bonchev–Trinajstić information content (AvgIpc) is 3.12. The number of amidine groups is 1. The molecule has 0 bridgehead atoms. The summed E-state index contributed by atoms with van der Waals surface area (Å²) in [5.74, 6) is -3.47. The van der Waals surface area contributed by atoms with Gasteiger partial charge in [-0.15, -0.1) is 11.3 Å². The van der Waals surface area contributed by atoms with Crippen LogP contribution in [0.25, 0.3) is 0 Å². The smallest absolute Gasteiger partial charge is 0.374 e. The van der Waals surface area contributed by atoms with Gasteiger partial charge < -0.3 is 20.4 Å². The van der Waals surface area contributed by atoms with E-state index in [1.165, 1.54) is 11.3 Å². The van der Waals surface area contributed by atoms with Crippen molar-refractivity contribution in [1.29, 1.82) is 0 Å². The van der Waals surface area contributed by atoms with Crippen molar-refractivity contribution in [3.8, 4) is 0 Å². The number of halogens is 1. The van der Waals surface area contributed by atoms with Crippen LogP contribution >= 0.6 is 22.9 Å². The number of carboxylic acids is 2. The van der Waals surface area contributed by atoms with Gasteiger partial charge in [0.25, 0.3) is 0 Å². The first-order valence-corrected chi connectivity index (χ1v) is 8.67. The highest BCUT2D eigenvalue weighted by atomic mass is 35.5. The van der Waals surface area contributed by atoms with E-state index in [2.05, 4.69) is 10.5 Å². The van der Waals surface area contributed by atoms with Gasteiger partial charge in [0.2, 0.25) is 5.76 Å². The van der Waals surface area contributed by atoms with E-state index < -0.39 is 17.7 Å². The fraction of sp³-hybridized carbons (Fsp3) is 0.118. The zero-order valence-electron chi connectivity index (χ0n) is 13.4. The topological polar surface area (TPSA) is 108 Å². The first kappa shape index (κ1) is 19.5. The number of carboxylic acid groups (broad SMARTS) is 2. The molecule has 26 heavy (non-hydrogen) atoms. The molecule has 9 heteroatoms. The lowest BCUT2D eigenvalue weighted by atomic mass is 10.1. The lowest BCUT2D eigenvalue weighted by Crippen LogP contribution is -2.26. The van der Waals surface area contributed by atoms with E-state index in [0.717, 1.165) is 5.56 Å². The molecule has 0 spiro atoms. The Bertz CT molecular complexity index is 833. The molecule has 1 heterocycles. The van der Waals surface area contributed by atoms with Gasteiger partial charge in [0.15, 0.2) is 5.84 Å². The van der Waals surface area contributed by atoms with E-state index in [0.29, 0.717) is 34.8 Å². The van der Waals surface area contributed by atoms with Crippen molar-refractivity contribution < 1.29 is 24.6 Å². The Morgan fingerprint density at radius 1 is 1.23 bits per heavy atom. The van der Waals surface area contributed by atoms with E-state index >= 15 is 0 Å². The molecule has 2 rings (SSSR count). The fourth-order valence-electron chi connectivity index (χ4n) is 1.93. The largest absolute Gasteiger partial charge is 0.478 e. The van der Waals surface area contributed by atoms with Gasteiger partial charge in [0, 0.05) is 11.6 Å². The molecule has 3 N–H and O–H groups in total. The Kier molecular flexibility index (Phi) is 7.19. The lowest BCUT2D eigenvalue weighted by molar-refractivity contribution is -0.138. The molecule has 0 fully saturated rings. The maximum Gasteiger partial charge on any atom is 0.374 e. The minimum absolute atomic E-state index is 0.296. The van der Waals surface area contributed by atoms with Gasteiger partial charge in [-0.3, -0.25) is 0 Å². The van der Waals surface area contributed by atoms with Crippen molar-refractivity contribution >= 4 is 40.7 Å². The zero-order chi connectivity index (χ0) is 18.9. The van der Waals surface area contributed by atoms with Crippen LogP contribution in [0.15, 0.2) is 58.8 Å². The van der Waals surface area contributed by atoms with Crippen molar-refractivity contribution in [2.75, 3.05) is 6.54 Å². The minimum Gasteiger partial charge on any atom is -0.478 e. The highest BCUT2D eigenvalue weighted by Gasteiger charge is 2.13. The fourth-order valence-corrected chi connectivity index (χ4v) is 2.84. The molecule has 0 unspecified atom stereocenters. The summed E-state index contributed by atoms with van der Waals surface area (Å²) in [4.78, 5) is 27.2. The van der Waals surface area contributed by atoms with E-state index in [4.69, 9.17) is 26.7 Å². The van der Waals surface area contributed by atoms with E-state index in [1.807, 2.05) is 23.6 Å². The van der Waals surface area contributed by atoms with Crippen LogP contribution in [0.2, 0.25) is 5.02 Å². The highest BCUT2D eigenvalue weighted by Crippen LogP contribution is 2.15. The molecular formula is C17H15ClN2O5S. The average molecular weight is 395 g/mol. The molecule has 0 saturated heterocycles. The molecule has 0 atom stereocenters. The van der Waals surface area contributed by atoms with Gasteiger partial charge in [-0.05, 0) is 29.5 Å². The maximum atomic E-state index is 11.0. The molecule has 136 valence electrons. The van der Waals surface area contributed by atoms with Crippen LogP contribution in [0.5, 0.6) is 0 Å². The van der Waals surface area contributed by atoms with Crippen molar-refractivity contribution in [1.82, 2.24) is 5.32 Å². The summed E-state index contributed by atoms with van der Waals surface area (Å²) in [6, 6.07) is 11.0. The molecule has 0 saturated carbocycles. The lowest BCUT2D eigenvalue weighted by Gasteiger charge is -2.09. The maximum absolute atomic E-state index is 11.0. The number of hydrogen-bond donors (Lipinski definition) is 3. The normalized spacial score (nSPS) is 11.9. The van der Waals surface area contributed by atoms with Crippen LogP contribution in [-0.4, -0.2) is 34.5 Å². The van der Waals surface area contributed by atoms with Gasteiger partial charge in [0.05, 0.1) is 11.0 Å². The van der Waals surface area contributed by atoms with Crippen molar-refractivity contribution in [3.63, 3.8) is 0 Å². The number of nitrogens with zero attached hydrogens (tertiary/aromatic N) is 1. The Morgan fingerprint density at radius 3 is 2.62 bits per heavy atom. The molecule has 0 aliphatic carbocycles. The molecule has 1 aromatic heterocycles. The number of aliphatic carboxylic acids is 2. The summed E-state index contributed by atoms with van der Waals surface area (Å²) < 4.78 is 0. The molecule has 0 aliphatic rings. The van der Waals surface area contributed by atoms with Crippen LogP contribution in [0.3, 0.4) is 0 Å². The quantitative estimate of drug-likeness (QED) is 0.209. The van der Waals surface area contributed by atoms with Crippen LogP contribution in [0.1, 0.15) is 10.4 Å². The number of benzene rings is 1. The molecule has 2 aromatic rings. The number of carbonyl (C=O) groups is 2. The van der Waals surface area contributed by atoms with Gasteiger partial charge >= 0.3 is 11.9 Å². The van der Waals surface area contributed by atoms with Gasteiger partial charge in [-0.25, -0.2) is 9.59 Å². The van der Waals surface area contributed by atoms with Gasteiger partial charge in [0.1, 0.15) is 0 Å². The molecule has 0 aliphatic heterocycles. The third-order valence-corrected chi connectivity index (χ3v) is 4.35. The van der Waals surface area contributed by atoms with E-state index in [9.17, 15) is 9.59 Å². The summed E-state index contributed by atoms with van der Waals surface area (Å²) in [6.07, 6.45) is 1.04. The molecule has 7 nitrogen and oxygen atoms in total. The van der Waals surface area contributed by atoms with Crippen LogP contribution < -0.4 is 5.32 Å². The standard InChI is InChI=1S/C17H15ClN2O5S/c18-12-5-2-1-4-11(12)7-8-19-16(14-6-3-9-26-14)20-25-13(17(23)24)10-15(21)22/h1-6,9-10H,7-8H2,(H,19,20)(H,21,22)(H,23,24)/b13-10+. The summed E-state index contributed by atoms with van der Waals surface area (Å²) >= 11 is 7.49. The van der Waals surface area contributed by atoms with Crippen molar-refractivity contribution in [3.05, 3.63) is 69.1 Å². The summed E-state index contributed by atoms with van der Waals surface area (Å²) in [5.41, 5.74) is 0.949. The minimum atomic E-state index is -1.53. The second kappa shape index (κ2) is 9.59. The Hall–Kier alpha value is -2.84. The first-order chi connectivity index (χ1) is 12.5. The SMILES string of the molecule is O=C(O)/C=C(/O/N=C(\NCCc1ccccc1Cl)c1cccs1)C(=O)O.